The van der Waals surface area contributed by atoms with Crippen molar-refractivity contribution in [3.05, 3.63) is 64.7 Å². The van der Waals surface area contributed by atoms with Gasteiger partial charge in [0.1, 0.15) is 5.82 Å². The maximum Gasteiger partial charge on any atom is 0.247 e. The fourth-order valence-corrected chi connectivity index (χ4v) is 4.28. The van der Waals surface area contributed by atoms with Crippen LogP contribution in [0.4, 0.5) is 4.39 Å². The van der Waals surface area contributed by atoms with Gasteiger partial charge in [-0.05, 0) is 43.2 Å². The number of benzene rings is 2. The van der Waals surface area contributed by atoms with Gasteiger partial charge in [-0.1, -0.05) is 45.9 Å². The first-order chi connectivity index (χ1) is 14.2. The molecule has 6 nitrogen and oxygen atoms in total. The molecule has 0 radical (unpaired) electrons. The van der Waals surface area contributed by atoms with Crippen LogP contribution in [0.1, 0.15) is 24.8 Å². The molecule has 146 valence electrons. The SMILES string of the molecule is Fc1ccccc1-c1nnc(SCc2nnc(-c3cccc(Br)c3)o2)n1C1CC1. The molecule has 2 aromatic heterocycles. The van der Waals surface area contributed by atoms with E-state index in [0.29, 0.717) is 35.0 Å². The van der Waals surface area contributed by atoms with Crippen LogP contribution in [0.15, 0.2) is 62.6 Å². The van der Waals surface area contributed by atoms with Crippen LogP contribution in [0.25, 0.3) is 22.8 Å². The van der Waals surface area contributed by atoms with E-state index in [2.05, 4.69) is 36.3 Å². The van der Waals surface area contributed by atoms with Crippen molar-refractivity contribution >= 4 is 27.7 Å². The Morgan fingerprint density at radius 2 is 1.93 bits per heavy atom. The van der Waals surface area contributed by atoms with Crippen molar-refractivity contribution in [1.29, 1.82) is 0 Å². The van der Waals surface area contributed by atoms with Gasteiger partial charge >= 0.3 is 0 Å². The third kappa shape index (κ3) is 3.84. The molecule has 0 N–H and O–H groups in total. The predicted molar refractivity (Wildman–Crippen MR) is 111 cm³/mol. The zero-order valence-corrected chi connectivity index (χ0v) is 17.5. The average Bonchev–Trinajstić information content (AvgIpc) is 3.30. The number of halogens is 2. The number of rotatable bonds is 6. The zero-order valence-electron chi connectivity index (χ0n) is 15.1. The van der Waals surface area contributed by atoms with Crippen molar-refractivity contribution in [2.24, 2.45) is 0 Å². The maximum atomic E-state index is 14.3. The molecule has 1 aliphatic rings. The van der Waals surface area contributed by atoms with Crippen LogP contribution in [0.3, 0.4) is 0 Å². The van der Waals surface area contributed by atoms with Crippen molar-refractivity contribution in [2.75, 3.05) is 0 Å². The molecule has 0 unspecified atom stereocenters. The Kier molecular flexibility index (Phi) is 4.92. The van der Waals surface area contributed by atoms with Gasteiger partial charge in [0, 0.05) is 16.1 Å². The van der Waals surface area contributed by atoms with E-state index >= 15 is 0 Å². The summed E-state index contributed by atoms with van der Waals surface area (Å²) >= 11 is 4.91. The smallest absolute Gasteiger partial charge is 0.247 e. The second kappa shape index (κ2) is 7.72. The van der Waals surface area contributed by atoms with E-state index in [4.69, 9.17) is 4.42 Å². The van der Waals surface area contributed by atoms with Gasteiger partial charge in [-0.15, -0.1) is 20.4 Å². The minimum atomic E-state index is -0.297. The summed E-state index contributed by atoms with van der Waals surface area (Å²) in [4.78, 5) is 0. The Balaban J connectivity index is 1.38. The highest BCUT2D eigenvalue weighted by Crippen LogP contribution is 2.41. The number of hydrogen-bond acceptors (Lipinski definition) is 6. The van der Waals surface area contributed by atoms with Crippen molar-refractivity contribution in [3.63, 3.8) is 0 Å². The van der Waals surface area contributed by atoms with Crippen molar-refractivity contribution in [3.8, 4) is 22.8 Å². The molecule has 1 fully saturated rings. The fourth-order valence-electron chi connectivity index (χ4n) is 3.04. The van der Waals surface area contributed by atoms with E-state index < -0.39 is 0 Å². The van der Waals surface area contributed by atoms with Crippen molar-refractivity contribution < 1.29 is 8.81 Å². The van der Waals surface area contributed by atoms with Gasteiger partial charge < -0.3 is 4.42 Å². The van der Waals surface area contributed by atoms with Crippen LogP contribution >= 0.6 is 27.7 Å². The van der Waals surface area contributed by atoms with E-state index in [9.17, 15) is 4.39 Å². The molecular weight excluding hydrogens is 457 g/mol. The largest absolute Gasteiger partial charge is 0.420 e. The summed E-state index contributed by atoms with van der Waals surface area (Å²) < 4.78 is 23.0. The Labute approximate surface area is 178 Å². The molecular formula is C20H15BrFN5OS. The first-order valence-corrected chi connectivity index (χ1v) is 10.9. The number of hydrogen-bond donors (Lipinski definition) is 0. The number of nitrogens with zero attached hydrogens (tertiary/aromatic N) is 5. The average molecular weight is 472 g/mol. The summed E-state index contributed by atoms with van der Waals surface area (Å²) in [6, 6.07) is 14.7. The van der Waals surface area contributed by atoms with Gasteiger partial charge in [0.15, 0.2) is 11.0 Å². The summed E-state index contributed by atoms with van der Waals surface area (Å²) in [6.07, 6.45) is 2.08. The molecule has 4 aromatic rings. The standard InChI is InChI=1S/C20H15BrFN5OS/c21-13-5-3-4-12(10-13)19-25-23-17(28-19)11-29-20-26-24-18(27(20)14-8-9-14)15-6-1-2-7-16(15)22/h1-7,10,14H,8-9,11H2. The molecule has 0 aliphatic heterocycles. The van der Waals surface area contributed by atoms with Gasteiger partial charge in [0.2, 0.25) is 11.8 Å². The van der Waals surface area contributed by atoms with Crippen LogP contribution in [0.2, 0.25) is 0 Å². The van der Waals surface area contributed by atoms with E-state index in [1.807, 2.05) is 28.8 Å². The summed E-state index contributed by atoms with van der Waals surface area (Å²) in [5, 5.41) is 17.6. The van der Waals surface area contributed by atoms with E-state index in [-0.39, 0.29) is 5.82 Å². The Morgan fingerprint density at radius 1 is 1.07 bits per heavy atom. The van der Waals surface area contributed by atoms with Gasteiger partial charge in [0.05, 0.1) is 11.3 Å². The highest BCUT2D eigenvalue weighted by Gasteiger charge is 2.31. The minimum Gasteiger partial charge on any atom is -0.420 e. The molecule has 5 rings (SSSR count). The predicted octanol–water partition coefficient (Wildman–Crippen LogP) is 5.52. The van der Waals surface area contributed by atoms with Gasteiger partial charge in [-0.3, -0.25) is 4.57 Å². The van der Waals surface area contributed by atoms with Gasteiger partial charge in [-0.25, -0.2) is 4.39 Å². The second-order valence-electron chi connectivity index (χ2n) is 6.69. The molecule has 0 bridgehead atoms. The highest BCUT2D eigenvalue weighted by molar-refractivity contribution is 9.10. The molecule has 2 heterocycles. The third-order valence-corrected chi connectivity index (χ3v) is 5.98. The normalized spacial score (nSPS) is 13.7. The van der Waals surface area contributed by atoms with Crippen LogP contribution in [0.5, 0.6) is 0 Å². The Bertz CT molecular complexity index is 1170. The molecule has 1 aliphatic carbocycles. The monoisotopic (exact) mass is 471 g/mol. The first-order valence-electron chi connectivity index (χ1n) is 9.10. The summed E-state index contributed by atoms with van der Waals surface area (Å²) in [7, 11) is 0. The van der Waals surface area contributed by atoms with Crippen molar-refractivity contribution in [2.45, 2.75) is 29.8 Å². The summed E-state index contributed by atoms with van der Waals surface area (Å²) in [5.41, 5.74) is 1.32. The highest BCUT2D eigenvalue weighted by atomic mass is 79.9. The lowest BCUT2D eigenvalue weighted by Crippen LogP contribution is -2.01. The number of aromatic nitrogens is 5. The lowest BCUT2D eigenvalue weighted by Gasteiger charge is -2.08. The fraction of sp³-hybridized carbons (Fsp3) is 0.200. The van der Waals surface area contributed by atoms with Gasteiger partial charge in [-0.2, -0.15) is 0 Å². The van der Waals surface area contributed by atoms with Crippen LogP contribution in [-0.4, -0.2) is 25.0 Å². The lowest BCUT2D eigenvalue weighted by atomic mass is 10.2. The zero-order chi connectivity index (χ0) is 19.8. The molecule has 29 heavy (non-hydrogen) atoms. The van der Waals surface area contributed by atoms with E-state index in [1.165, 1.54) is 17.8 Å². The van der Waals surface area contributed by atoms with Crippen LogP contribution in [-0.2, 0) is 5.75 Å². The van der Waals surface area contributed by atoms with Crippen molar-refractivity contribution in [1.82, 2.24) is 25.0 Å². The third-order valence-electron chi connectivity index (χ3n) is 4.55. The first kappa shape index (κ1) is 18.5. The lowest BCUT2D eigenvalue weighted by molar-refractivity contribution is 0.528. The van der Waals surface area contributed by atoms with Crippen LogP contribution < -0.4 is 0 Å². The molecule has 0 saturated heterocycles. The second-order valence-corrected chi connectivity index (χ2v) is 8.55. The van der Waals surface area contributed by atoms with E-state index in [1.54, 1.807) is 18.2 Å². The molecule has 0 amide bonds. The van der Waals surface area contributed by atoms with E-state index in [0.717, 1.165) is 28.0 Å². The molecule has 0 atom stereocenters. The molecule has 2 aromatic carbocycles. The molecule has 9 heteroatoms. The summed E-state index contributed by atoms with van der Waals surface area (Å²) in [6.45, 7) is 0. The van der Waals surface area contributed by atoms with Crippen LogP contribution in [0, 0.1) is 5.82 Å². The maximum absolute atomic E-state index is 14.3. The molecule has 1 saturated carbocycles. The Morgan fingerprint density at radius 3 is 2.72 bits per heavy atom. The minimum absolute atomic E-state index is 0.297. The number of thioether (sulfide) groups is 1. The molecule has 0 spiro atoms. The van der Waals surface area contributed by atoms with Gasteiger partial charge in [0.25, 0.3) is 0 Å². The quantitative estimate of drug-likeness (QED) is 0.344. The summed E-state index contributed by atoms with van der Waals surface area (Å²) in [5.74, 6) is 1.70. The Hall–Kier alpha value is -2.52. The topological polar surface area (TPSA) is 69.6 Å².